The largest absolute Gasteiger partial charge is 0.382 e. The van der Waals surface area contributed by atoms with E-state index in [1.807, 2.05) is 0 Å². The van der Waals surface area contributed by atoms with Gasteiger partial charge in [-0.3, -0.25) is 9.59 Å². The van der Waals surface area contributed by atoms with Crippen molar-refractivity contribution >= 4 is 17.5 Å². The topological polar surface area (TPSA) is 80.2 Å². The number of carbonyl (C=O) groups is 2. The van der Waals surface area contributed by atoms with Gasteiger partial charge in [-0.1, -0.05) is 17.3 Å². The number of hydrogen-bond donors (Lipinski definition) is 1. The lowest BCUT2D eigenvalue weighted by Gasteiger charge is -2.27. The van der Waals surface area contributed by atoms with Crippen molar-refractivity contribution in [2.24, 2.45) is 5.16 Å². The third-order valence-electron chi connectivity index (χ3n) is 3.90. The summed E-state index contributed by atoms with van der Waals surface area (Å²) in [4.78, 5) is 30.8. The second-order valence-electron chi connectivity index (χ2n) is 5.56. The standard InChI is InChI=1S/C16H18FN3O4/c17-12-3-1-2-11(8-12)13-9-14(24-19-13)16(22)18-10-15(21)20-4-6-23-7-5-20/h1-3,8,14H,4-7,9-10H2,(H,18,22)/t14-/m1/s1. The number of carbonyl (C=O) groups excluding carboxylic acids is 2. The van der Waals surface area contributed by atoms with Gasteiger partial charge in [0.1, 0.15) is 5.82 Å². The van der Waals surface area contributed by atoms with Gasteiger partial charge in [-0.25, -0.2) is 4.39 Å². The molecule has 0 radical (unpaired) electrons. The van der Waals surface area contributed by atoms with Gasteiger partial charge < -0.3 is 19.8 Å². The number of halogens is 1. The predicted molar refractivity (Wildman–Crippen MR) is 82.8 cm³/mol. The van der Waals surface area contributed by atoms with Gasteiger partial charge in [0.05, 0.1) is 25.5 Å². The minimum Gasteiger partial charge on any atom is -0.382 e. The SMILES string of the molecule is O=C(NCC(=O)N1CCOCC1)[C@H]1CC(c2cccc(F)c2)=NO1. The highest BCUT2D eigenvalue weighted by atomic mass is 19.1. The Balaban J connectivity index is 1.48. The van der Waals surface area contributed by atoms with Gasteiger partial charge in [0.2, 0.25) is 12.0 Å². The van der Waals surface area contributed by atoms with E-state index in [1.165, 1.54) is 12.1 Å². The Morgan fingerprint density at radius 3 is 2.88 bits per heavy atom. The molecule has 0 saturated carbocycles. The monoisotopic (exact) mass is 335 g/mol. The molecule has 2 amide bonds. The minimum atomic E-state index is -0.805. The fourth-order valence-corrected chi connectivity index (χ4v) is 2.56. The molecule has 0 bridgehead atoms. The van der Waals surface area contributed by atoms with E-state index in [9.17, 15) is 14.0 Å². The summed E-state index contributed by atoms with van der Waals surface area (Å²) in [6, 6.07) is 5.95. The summed E-state index contributed by atoms with van der Waals surface area (Å²) in [6.45, 7) is 1.99. The van der Waals surface area contributed by atoms with E-state index in [1.54, 1.807) is 17.0 Å². The van der Waals surface area contributed by atoms with Gasteiger partial charge in [0, 0.05) is 25.1 Å². The summed E-state index contributed by atoms with van der Waals surface area (Å²) in [7, 11) is 0. The molecule has 0 aromatic heterocycles. The first-order valence-corrected chi connectivity index (χ1v) is 7.75. The van der Waals surface area contributed by atoms with E-state index < -0.39 is 12.0 Å². The van der Waals surface area contributed by atoms with E-state index in [-0.39, 0.29) is 24.7 Å². The Morgan fingerprint density at radius 2 is 2.12 bits per heavy atom. The molecule has 0 aliphatic carbocycles. The van der Waals surface area contributed by atoms with Crippen molar-refractivity contribution in [2.45, 2.75) is 12.5 Å². The predicted octanol–water partition coefficient (Wildman–Crippen LogP) is 0.294. The molecule has 8 heteroatoms. The number of nitrogens with zero attached hydrogens (tertiary/aromatic N) is 2. The van der Waals surface area contributed by atoms with Crippen LogP contribution < -0.4 is 5.32 Å². The molecule has 1 fully saturated rings. The van der Waals surface area contributed by atoms with Crippen molar-refractivity contribution < 1.29 is 23.6 Å². The molecule has 0 spiro atoms. The number of nitrogens with one attached hydrogen (secondary N) is 1. The van der Waals surface area contributed by atoms with Crippen LogP contribution in [-0.2, 0) is 19.2 Å². The fraction of sp³-hybridized carbons (Fsp3) is 0.438. The maximum Gasteiger partial charge on any atom is 0.264 e. The van der Waals surface area contributed by atoms with Gasteiger partial charge >= 0.3 is 0 Å². The van der Waals surface area contributed by atoms with Crippen LogP contribution in [0.25, 0.3) is 0 Å². The first-order valence-electron chi connectivity index (χ1n) is 7.75. The van der Waals surface area contributed by atoms with Crippen LogP contribution in [0.2, 0.25) is 0 Å². The normalized spacial score (nSPS) is 20.3. The van der Waals surface area contributed by atoms with Crippen molar-refractivity contribution in [3.63, 3.8) is 0 Å². The molecule has 2 aliphatic rings. The van der Waals surface area contributed by atoms with E-state index in [0.717, 1.165) is 0 Å². The van der Waals surface area contributed by atoms with Crippen molar-refractivity contribution in [2.75, 3.05) is 32.8 Å². The Labute approximate surface area is 138 Å². The smallest absolute Gasteiger partial charge is 0.264 e. The maximum absolute atomic E-state index is 13.2. The Kier molecular flexibility index (Phi) is 5.05. The highest BCUT2D eigenvalue weighted by Crippen LogP contribution is 2.17. The second kappa shape index (κ2) is 7.39. The molecule has 3 rings (SSSR count). The van der Waals surface area contributed by atoms with E-state index in [0.29, 0.717) is 37.6 Å². The molecule has 1 aromatic rings. The van der Waals surface area contributed by atoms with E-state index >= 15 is 0 Å². The number of ether oxygens (including phenoxy) is 1. The minimum absolute atomic E-state index is 0.0893. The maximum atomic E-state index is 13.2. The molecular formula is C16H18FN3O4. The molecule has 1 atom stereocenters. The highest BCUT2D eigenvalue weighted by molar-refractivity contribution is 6.04. The van der Waals surface area contributed by atoms with Crippen LogP contribution in [0.5, 0.6) is 0 Å². The zero-order valence-electron chi connectivity index (χ0n) is 13.0. The molecule has 2 aliphatic heterocycles. The van der Waals surface area contributed by atoms with Gasteiger partial charge in [-0.15, -0.1) is 0 Å². The number of hydrogen-bond acceptors (Lipinski definition) is 5. The molecule has 128 valence electrons. The Hall–Kier alpha value is -2.48. The highest BCUT2D eigenvalue weighted by Gasteiger charge is 2.29. The lowest BCUT2D eigenvalue weighted by Crippen LogP contribution is -2.47. The lowest BCUT2D eigenvalue weighted by atomic mass is 10.0. The van der Waals surface area contributed by atoms with Gasteiger partial charge in [-0.2, -0.15) is 0 Å². The summed E-state index contributed by atoms with van der Waals surface area (Å²) in [6.07, 6.45) is -0.568. The van der Waals surface area contributed by atoms with Crippen molar-refractivity contribution in [3.05, 3.63) is 35.6 Å². The number of oxime groups is 1. The van der Waals surface area contributed by atoms with Crippen LogP contribution in [-0.4, -0.2) is 61.4 Å². The molecule has 1 N–H and O–H groups in total. The Bertz CT molecular complexity index is 658. The first-order chi connectivity index (χ1) is 11.6. The van der Waals surface area contributed by atoms with Crippen LogP contribution >= 0.6 is 0 Å². The third-order valence-corrected chi connectivity index (χ3v) is 3.90. The molecule has 0 unspecified atom stereocenters. The Morgan fingerprint density at radius 1 is 1.33 bits per heavy atom. The van der Waals surface area contributed by atoms with E-state index in [4.69, 9.17) is 9.57 Å². The summed E-state index contributed by atoms with van der Waals surface area (Å²) >= 11 is 0. The van der Waals surface area contributed by atoms with Crippen LogP contribution in [0.15, 0.2) is 29.4 Å². The summed E-state index contributed by atoms with van der Waals surface area (Å²) in [5.74, 6) is -0.943. The summed E-state index contributed by atoms with van der Waals surface area (Å²) < 4.78 is 18.4. The fourth-order valence-electron chi connectivity index (χ4n) is 2.56. The summed E-state index contributed by atoms with van der Waals surface area (Å²) in [5.41, 5.74) is 1.09. The quantitative estimate of drug-likeness (QED) is 0.858. The van der Waals surface area contributed by atoms with Gasteiger partial charge in [0.15, 0.2) is 0 Å². The zero-order chi connectivity index (χ0) is 16.9. The lowest BCUT2D eigenvalue weighted by molar-refractivity contribution is -0.138. The number of amides is 2. The van der Waals surface area contributed by atoms with Crippen LogP contribution in [0.3, 0.4) is 0 Å². The average Bonchev–Trinajstić information content (AvgIpc) is 3.10. The molecule has 1 aromatic carbocycles. The number of morpholine rings is 1. The van der Waals surface area contributed by atoms with E-state index in [2.05, 4.69) is 10.5 Å². The first kappa shape index (κ1) is 16.4. The van der Waals surface area contributed by atoms with Gasteiger partial charge in [0.25, 0.3) is 5.91 Å². The van der Waals surface area contributed by atoms with Crippen LogP contribution in [0.4, 0.5) is 4.39 Å². The molecule has 24 heavy (non-hydrogen) atoms. The second-order valence-corrected chi connectivity index (χ2v) is 5.56. The van der Waals surface area contributed by atoms with Crippen LogP contribution in [0, 0.1) is 5.82 Å². The van der Waals surface area contributed by atoms with Crippen molar-refractivity contribution in [1.29, 1.82) is 0 Å². The van der Waals surface area contributed by atoms with Gasteiger partial charge in [-0.05, 0) is 12.1 Å². The molecule has 7 nitrogen and oxygen atoms in total. The van der Waals surface area contributed by atoms with Crippen LogP contribution in [0.1, 0.15) is 12.0 Å². The third kappa shape index (κ3) is 3.88. The molecule has 1 saturated heterocycles. The number of benzene rings is 1. The summed E-state index contributed by atoms with van der Waals surface area (Å²) in [5, 5.41) is 6.41. The molecular weight excluding hydrogens is 317 g/mol. The van der Waals surface area contributed by atoms with Crippen molar-refractivity contribution in [1.82, 2.24) is 10.2 Å². The average molecular weight is 335 g/mol. The molecule has 2 heterocycles. The van der Waals surface area contributed by atoms with Crippen molar-refractivity contribution in [3.8, 4) is 0 Å². The zero-order valence-corrected chi connectivity index (χ0v) is 13.0. The number of rotatable bonds is 4.